The summed E-state index contributed by atoms with van der Waals surface area (Å²) in [7, 11) is -3.15. The van der Waals surface area contributed by atoms with Crippen molar-refractivity contribution in [2.24, 2.45) is 0 Å². The second-order valence-corrected chi connectivity index (χ2v) is 6.29. The molecule has 0 amide bonds. The maximum absolute atomic E-state index is 11.6. The first-order valence-corrected chi connectivity index (χ1v) is 7.52. The third-order valence-corrected chi connectivity index (χ3v) is 4.36. The van der Waals surface area contributed by atoms with Crippen LogP contribution < -0.4 is 5.32 Å². The minimum Gasteiger partial charge on any atom is -0.378 e. The fourth-order valence-corrected chi connectivity index (χ4v) is 2.43. The van der Waals surface area contributed by atoms with Crippen LogP contribution in [0.5, 0.6) is 0 Å². The maximum atomic E-state index is 11.6. The Bertz CT molecular complexity index is 647. The van der Waals surface area contributed by atoms with Gasteiger partial charge in [0, 0.05) is 12.6 Å². The van der Waals surface area contributed by atoms with Crippen molar-refractivity contribution in [3.05, 3.63) is 36.0 Å². The van der Waals surface area contributed by atoms with E-state index >= 15 is 0 Å². The van der Waals surface area contributed by atoms with Gasteiger partial charge >= 0.3 is 0 Å². The number of hydrogen-bond acceptors (Lipinski definition) is 6. The van der Waals surface area contributed by atoms with Gasteiger partial charge in [-0.3, -0.25) is 0 Å². The highest BCUT2D eigenvalue weighted by Crippen LogP contribution is 2.15. The van der Waals surface area contributed by atoms with Crippen LogP contribution >= 0.6 is 0 Å². The van der Waals surface area contributed by atoms with E-state index in [1.807, 2.05) is 0 Å². The summed E-state index contributed by atoms with van der Waals surface area (Å²) in [5, 5.41) is 6.85. The van der Waals surface area contributed by atoms with Crippen molar-refractivity contribution in [2.75, 3.05) is 11.1 Å². The van der Waals surface area contributed by atoms with Crippen molar-refractivity contribution in [2.45, 2.75) is 25.3 Å². The SMILES string of the molecule is CCS(=O)(=O)c1ccc(NCc2noc(C)n2)cc1. The minimum atomic E-state index is -3.15. The van der Waals surface area contributed by atoms with Crippen LogP contribution in [0.3, 0.4) is 0 Å². The van der Waals surface area contributed by atoms with Gasteiger partial charge in [-0.1, -0.05) is 12.1 Å². The number of benzene rings is 1. The van der Waals surface area contributed by atoms with Gasteiger partial charge in [-0.05, 0) is 24.3 Å². The van der Waals surface area contributed by atoms with E-state index in [2.05, 4.69) is 15.5 Å². The first-order valence-electron chi connectivity index (χ1n) is 5.87. The van der Waals surface area contributed by atoms with Gasteiger partial charge in [0.1, 0.15) is 0 Å². The largest absolute Gasteiger partial charge is 0.378 e. The second-order valence-electron chi connectivity index (χ2n) is 4.01. The van der Waals surface area contributed by atoms with E-state index in [9.17, 15) is 8.42 Å². The molecule has 19 heavy (non-hydrogen) atoms. The number of nitrogens with one attached hydrogen (secondary N) is 1. The zero-order chi connectivity index (χ0) is 13.9. The van der Waals surface area contributed by atoms with Crippen molar-refractivity contribution >= 4 is 15.5 Å². The molecule has 0 aliphatic heterocycles. The summed E-state index contributed by atoms with van der Waals surface area (Å²) in [4.78, 5) is 4.39. The third kappa shape index (κ3) is 3.31. The average Bonchev–Trinajstić information content (AvgIpc) is 2.83. The van der Waals surface area contributed by atoms with E-state index in [-0.39, 0.29) is 5.75 Å². The van der Waals surface area contributed by atoms with Crippen molar-refractivity contribution in [1.29, 1.82) is 0 Å². The molecule has 1 heterocycles. The van der Waals surface area contributed by atoms with Crippen LogP contribution in [0.2, 0.25) is 0 Å². The van der Waals surface area contributed by atoms with E-state index in [1.165, 1.54) is 0 Å². The molecular weight excluding hydrogens is 266 g/mol. The summed E-state index contributed by atoms with van der Waals surface area (Å²) in [5.74, 6) is 1.17. The highest BCUT2D eigenvalue weighted by atomic mass is 32.2. The maximum Gasteiger partial charge on any atom is 0.223 e. The Hall–Kier alpha value is -1.89. The van der Waals surface area contributed by atoms with Gasteiger partial charge in [0.05, 0.1) is 17.2 Å². The Kier molecular flexibility index (Phi) is 3.84. The molecule has 1 N–H and O–H groups in total. The van der Waals surface area contributed by atoms with E-state index in [4.69, 9.17) is 4.52 Å². The molecule has 0 atom stereocenters. The molecule has 7 heteroatoms. The van der Waals surface area contributed by atoms with E-state index in [0.717, 1.165) is 5.69 Å². The molecule has 0 saturated heterocycles. The Morgan fingerprint density at radius 1 is 1.26 bits per heavy atom. The van der Waals surface area contributed by atoms with Crippen LogP contribution in [0.25, 0.3) is 0 Å². The number of aryl methyl sites for hydroxylation is 1. The fourth-order valence-electron chi connectivity index (χ4n) is 1.54. The summed E-state index contributed by atoms with van der Waals surface area (Å²) in [5.41, 5.74) is 0.803. The first-order chi connectivity index (χ1) is 9.01. The Morgan fingerprint density at radius 3 is 2.47 bits per heavy atom. The van der Waals surface area contributed by atoms with Crippen LogP contribution in [0.1, 0.15) is 18.6 Å². The number of rotatable bonds is 5. The second kappa shape index (κ2) is 5.40. The van der Waals surface area contributed by atoms with Gasteiger partial charge in [0.2, 0.25) is 5.89 Å². The Morgan fingerprint density at radius 2 is 1.95 bits per heavy atom. The van der Waals surface area contributed by atoms with Gasteiger partial charge < -0.3 is 9.84 Å². The summed E-state index contributed by atoms with van der Waals surface area (Å²) >= 11 is 0. The molecule has 1 aromatic heterocycles. The lowest BCUT2D eigenvalue weighted by Crippen LogP contribution is -2.04. The number of nitrogens with zero attached hydrogens (tertiary/aromatic N) is 2. The number of aromatic nitrogens is 2. The van der Waals surface area contributed by atoms with E-state index in [0.29, 0.717) is 23.2 Å². The highest BCUT2D eigenvalue weighted by Gasteiger charge is 2.10. The summed E-state index contributed by atoms with van der Waals surface area (Å²) in [6.07, 6.45) is 0. The predicted octanol–water partition coefficient (Wildman–Crippen LogP) is 1.78. The van der Waals surface area contributed by atoms with Gasteiger partial charge in [-0.2, -0.15) is 4.98 Å². The van der Waals surface area contributed by atoms with Crippen molar-refractivity contribution in [3.8, 4) is 0 Å². The van der Waals surface area contributed by atoms with Crippen LogP contribution in [-0.4, -0.2) is 24.3 Å². The van der Waals surface area contributed by atoms with Crippen molar-refractivity contribution < 1.29 is 12.9 Å². The lowest BCUT2D eigenvalue weighted by Gasteiger charge is -2.05. The lowest BCUT2D eigenvalue weighted by atomic mass is 10.3. The zero-order valence-electron chi connectivity index (χ0n) is 10.8. The summed E-state index contributed by atoms with van der Waals surface area (Å²) < 4.78 is 28.1. The molecule has 102 valence electrons. The van der Waals surface area contributed by atoms with Gasteiger partial charge in [-0.15, -0.1) is 0 Å². The van der Waals surface area contributed by atoms with Crippen LogP contribution in [0.4, 0.5) is 5.69 Å². The topological polar surface area (TPSA) is 85.1 Å². The molecule has 0 fully saturated rings. The molecule has 2 rings (SSSR count). The monoisotopic (exact) mass is 281 g/mol. The Balaban J connectivity index is 2.03. The van der Waals surface area contributed by atoms with Crippen molar-refractivity contribution in [3.63, 3.8) is 0 Å². The minimum absolute atomic E-state index is 0.0991. The number of sulfone groups is 1. The van der Waals surface area contributed by atoms with Gasteiger partial charge in [0.25, 0.3) is 0 Å². The van der Waals surface area contributed by atoms with Crippen LogP contribution in [-0.2, 0) is 16.4 Å². The first kappa shape index (κ1) is 13.5. The average molecular weight is 281 g/mol. The smallest absolute Gasteiger partial charge is 0.223 e. The summed E-state index contributed by atoms with van der Waals surface area (Å²) in [6.45, 7) is 3.78. The predicted molar refractivity (Wildman–Crippen MR) is 70.5 cm³/mol. The zero-order valence-corrected chi connectivity index (χ0v) is 11.6. The molecular formula is C12H15N3O3S. The van der Waals surface area contributed by atoms with Crippen LogP contribution in [0, 0.1) is 6.92 Å². The quantitative estimate of drug-likeness (QED) is 0.899. The molecule has 1 aromatic carbocycles. The standard InChI is InChI=1S/C12H15N3O3S/c1-3-19(16,17)11-6-4-10(5-7-11)13-8-12-14-9(2)18-15-12/h4-7,13H,3,8H2,1-2H3. The van der Waals surface area contributed by atoms with E-state index in [1.54, 1.807) is 38.1 Å². The summed E-state index contributed by atoms with van der Waals surface area (Å²) in [6, 6.07) is 6.61. The van der Waals surface area contributed by atoms with E-state index < -0.39 is 9.84 Å². The lowest BCUT2D eigenvalue weighted by molar-refractivity contribution is 0.388. The molecule has 0 saturated carbocycles. The normalized spacial score (nSPS) is 11.5. The molecule has 2 aromatic rings. The van der Waals surface area contributed by atoms with Gasteiger partial charge in [0.15, 0.2) is 15.7 Å². The van der Waals surface area contributed by atoms with Crippen molar-refractivity contribution in [1.82, 2.24) is 10.1 Å². The molecule has 0 aliphatic carbocycles. The number of anilines is 1. The van der Waals surface area contributed by atoms with Crippen LogP contribution in [0.15, 0.2) is 33.7 Å². The highest BCUT2D eigenvalue weighted by molar-refractivity contribution is 7.91. The molecule has 0 radical (unpaired) electrons. The molecule has 0 aliphatic rings. The molecule has 6 nitrogen and oxygen atoms in total. The molecule has 0 bridgehead atoms. The Labute approximate surface area is 111 Å². The number of hydrogen-bond donors (Lipinski definition) is 1. The van der Waals surface area contributed by atoms with Gasteiger partial charge in [-0.25, -0.2) is 8.42 Å². The third-order valence-electron chi connectivity index (χ3n) is 2.61. The molecule has 0 unspecified atom stereocenters. The molecule has 0 spiro atoms. The fraction of sp³-hybridized carbons (Fsp3) is 0.333.